The number of unbranched alkanes of at least 4 members (excludes halogenated alkanes) is 18. The Balaban J connectivity index is 4.40. The van der Waals surface area contributed by atoms with E-state index in [1.54, 1.807) is 0 Å². The maximum Gasteiger partial charge on any atom is 0.0701 e. The molecule has 4 unspecified atom stereocenters. The van der Waals surface area contributed by atoms with Crippen molar-refractivity contribution in [2.75, 3.05) is 52.6 Å². The minimum Gasteiger partial charge on any atom is -0.392 e. The van der Waals surface area contributed by atoms with Gasteiger partial charge in [0.25, 0.3) is 0 Å². The van der Waals surface area contributed by atoms with E-state index in [0.29, 0.717) is 52.6 Å². The molecule has 266 valence electrons. The van der Waals surface area contributed by atoms with Crippen LogP contribution in [0.15, 0.2) is 0 Å². The van der Waals surface area contributed by atoms with Gasteiger partial charge in [0.2, 0.25) is 0 Å². The van der Waals surface area contributed by atoms with Crippen LogP contribution in [0.25, 0.3) is 0 Å². The highest BCUT2D eigenvalue weighted by atomic mass is 16.5. The van der Waals surface area contributed by atoms with Crippen molar-refractivity contribution >= 4 is 0 Å². The Kier molecular flexibility index (Phi) is 33.9. The second kappa shape index (κ2) is 34.1. The van der Waals surface area contributed by atoms with E-state index in [1.165, 1.54) is 128 Å². The van der Waals surface area contributed by atoms with Gasteiger partial charge in [-0.2, -0.15) is 0 Å². The molecule has 0 bridgehead atoms. The van der Waals surface area contributed by atoms with E-state index in [-0.39, 0.29) is 24.0 Å². The molecular weight excluding hydrogens is 548 g/mol. The number of hydrogen-bond acceptors (Lipinski definition) is 6. The van der Waals surface area contributed by atoms with Crippen LogP contribution in [0.2, 0.25) is 0 Å². The Morgan fingerprint density at radius 2 is 0.841 bits per heavy atom. The molecule has 0 amide bonds. The monoisotopic (exact) mass is 629 g/mol. The summed E-state index contributed by atoms with van der Waals surface area (Å²) in [7, 11) is 0. The molecule has 0 aromatic heterocycles. The molecule has 0 aliphatic carbocycles. The fourth-order valence-corrected chi connectivity index (χ4v) is 6.04. The van der Waals surface area contributed by atoms with Gasteiger partial charge in [-0.15, -0.1) is 0 Å². The molecule has 0 aromatic rings. The molecule has 0 rings (SSSR count). The Morgan fingerprint density at radius 3 is 1.20 bits per heavy atom. The number of aliphatic hydroxyl groups is 2. The summed E-state index contributed by atoms with van der Waals surface area (Å²) in [5.41, 5.74) is 5.48. The third-order valence-electron chi connectivity index (χ3n) is 9.42. The van der Waals surface area contributed by atoms with Crippen molar-refractivity contribution in [1.29, 1.82) is 0 Å². The SMILES string of the molecule is CCCCCCCCCCCCC(C)C(O)CN(CCOCCOCCN)CC(O)C(C)CCCCCCCCCCCC. The number of ether oxygens (including phenoxy) is 2. The third-order valence-corrected chi connectivity index (χ3v) is 9.42. The number of hydrogen-bond donors (Lipinski definition) is 3. The van der Waals surface area contributed by atoms with Crippen molar-refractivity contribution in [2.45, 2.75) is 181 Å². The number of nitrogens with zero attached hydrogens (tertiary/aromatic N) is 1. The molecule has 0 fully saturated rings. The predicted octanol–water partition coefficient (Wildman–Crippen LogP) is 8.90. The second-order valence-corrected chi connectivity index (χ2v) is 13.8. The van der Waals surface area contributed by atoms with Gasteiger partial charge in [0, 0.05) is 26.2 Å². The Labute approximate surface area is 275 Å². The summed E-state index contributed by atoms with van der Waals surface area (Å²) in [5, 5.41) is 22.2. The normalized spacial score (nSPS) is 14.7. The van der Waals surface area contributed by atoms with E-state index >= 15 is 0 Å². The van der Waals surface area contributed by atoms with Crippen molar-refractivity contribution < 1.29 is 19.7 Å². The minimum absolute atomic E-state index is 0.262. The molecule has 0 saturated carbocycles. The fraction of sp³-hybridized carbons (Fsp3) is 1.00. The van der Waals surface area contributed by atoms with Gasteiger partial charge in [0.15, 0.2) is 0 Å². The summed E-state index contributed by atoms with van der Waals surface area (Å²) in [4.78, 5) is 2.22. The first-order valence-corrected chi connectivity index (χ1v) is 19.4. The van der Waals surface area contributed by atoms with E-state index in [9.17, 15) is 10.2 Å². The van der Waals surface area contributed by atoms with E-state index in [1.807, 2.05) is 0 Å². The molecule has 4 N–H and O–H groups in total. The lowest BCUT2D eigenvalue weighted by Gasteiger charge is -2.31. The number of rotatable bonds is 36. The largest absolute Gasteiger partial charge is 0.392 e. The standard InChI is InChI=1S/C38H80N2O4/c1-5-7-9-11-13-15-17-19-21-23-25-35(3)37(41)33-40(28-30-44-32-31-43-29-27-39)34-38(42)36(4)26-24-22-20-18-16-14-12-10-8-6-2/h35-38,41-42H,5-34,39H2,1-4H3. The Bertz CT molecular complexity index is 515. The highest BCUT2D eigenvalue weighted by Crippen LogP contribution is 2.19. The molecule has 44 heavy (non-hydrogen) atoms. The average Bonchev–Trinajstić information content (AvgIpc) is 3.01. The van der Waals surface area contributed by atoms with E-state index in [4.69, 9.17) is 15.2 Å². The molecule has 0 aliphatic rings. The van der Waals surface area contributed by atoms with E-state index in [2.05, 4.69) is 32.6 Å². The lowest BCUT2D eigenvalue weighted by atomic mass is 9.94. The topological polar surface area (TPSA) is 88.2 Å². The molecule has 0 aliphatic heterocycles. The van der Waals surface area contributed by atoms with Crippen LogP contribution in [0.1, 0.15) is 169 Å². The van der Waals surface area contributed by atoms with Gasteiger partial charge in [0.05, 0.1) is 38.6 Å². The molecule has 6 nitrogen and oxygen atoms in total. The van der Waals surface area contributed by atoms with Crippen LogP contribution >= 0.6 is 0 Å². The van der Waals surface area contributed by atoms with Crippen molar-refractivity contribution in [3.05, 3.63) is 0 Å². The van der Waals surface area contributed by atoms with Crippen LogP contribution in [0.5, 0.6) is 0 Å². The summed E-state index contributed by atoms with van der Waals surface area (Å²) >= 11 is 0. The van der Waals surface area contributed by atoms with Gasteiger partial charge in [0.1, 0.15) is 0 Å². The maximum absolute atomic E-state index is 11.1. The molecule has 0 aromatic carbocycles. The minimum atomic E-state index is -0.383. The van der Waals surface area contributed by atoms with Gasteiger partial charge >= 0.3 is 0 Å². The van der Waals surface area contributed by atoms with Gasteiger partial charge in [-0.3, -0.25) is 4.90 Å². The number of nitrogens with two attached hydrogens (primary N) is 1. The van der Waals surface area contributed by atoms with E-state index < -0.39 is 0 Å². The van der Waals surface area contributed by atoms with Gasteiger partial charge in [-0.25, -0.2) is 0 Å². The van der Waals surface area contributed by atoms with Crippen LogP contribution < -0.4 is 5.73 Å². The summed E-state index contributed by atoms with van der Waals surface area (Å²) in [5.74, 6) is 0.525. The predicted molar refractivity (Wildman–Crippen MR) is 190 cm³/mol. The molecule has 0 spiro atoms. The first-order valence-electron chi connectivity index (χ1n) is 19.4. The van der Waals surface area contributed by atoms with Crippen LogP contribution in [-0.4, -0.2) is 79.9 Å². The molecule has 0 heterocycles. The summed E-state index contributed by atoms with van der Waals surface area (Å²) < 4.78 is 11.2. The lowest BCUT2D eigenvalue weighted by Crippen LogP contribution is -2.43. The first-order chi connectivity index (χ1) is 21.5. The van der Waals surface area contributed by atoms with Crippen molar-refractivity contribution in [3.63, 3.8) is 0 Å². The van der Waals surface area contributed by atoms with Crippen molar-refractivity contribution in [3.8, 4) is 0 Å². The zero-order valence-corrected chi connectivity index (χ0v) is 30.3. The molecule has 4 atom stereocenters. The third kappa shape index (κ3) is 29.2. The second-order valence-electron chi connectivity index (χ2n) is 13.8. The fourth-order valence-electron chi connectivity index (χ4n) is 6.04. The highest BCUT2D eigenvalue weighted by Gasteiger charge is 2.22. The Hall–Kier alpha value is -0.240. The smallest absolute Gasteiger partial charge is 0.0701 e. The Morgan fingerprint density at radius 1 is 0.500 bits per heavy atom. The maximum atomic E-state index is 11.1. The first kappa shape index (κ1) is 43.8. The molecule has 6 heteroatoms. The number of aliphatic hydroxyl groups excluding tert-OH is 2. The zero-order chi connectivity index (χ0) is 32.5. The zero-order valence-electron chi connectivity index (χ0n) is 30.3. The van der Waals surface area contributed by atoms with Crippen LogP contribution in [0.3, 0.4) is 0 Å². The van der Waals surface area contributed by atoms with Crippen LogP contribution in [0.4, 0.5) is 0 Å². The van der Waals surface area contributed by atoms with Crippen molar-refractivity contribution in [1.82, 2.24) is 4.90 Å². The summed E-state index contributed by atoms with van der Waals surface area (Å²) in [6, 6.07) is 0. The quantitative estimate of drug-likeness (QED) is 0.0601. The van der Waals surface area contributed by atoms with Gasteiger partial charge in [-0.05, 0) is 24.7 Å². The van der Waals surface area contributed by atoms with Crippen LogP contribution in [-0.2, 0) is 9.47 Å². The summed E-state index contributed by atoms with van der Waals surface area (Å²) in [6.45, 7) is 13.6. The molecular formula is C38H80N2O4. The van der Waals surface area contributed by atoms with Crippen LogP contribution in [0, 0.1) is 11.8 Å². The van der Waals surface area contributed by atoms with Crippen molar-refractivity contribution in [2.24, 2.45) is 17.6 Å². The van der Waals surface area contributed by atoms with Gasteiger partial charge in [-0.1, -0.05) is 156 Å². The highest BCUT2D eigenvalue weighted by molar-refractivity contribution is 4.75. The molecule has 0 radical (unpaired) electrons. The molecule has 0 saturated heterocycles. The summed E-state index contributed by atoms with van der Waals surface area (Å²) in [6.07, 6.45) is 28.1. The average molecular weight is 629 g/mol. The lowest BCUT2D eigenvalue weighted by molar-refractivity contribution is 0.00297. The van der Waals surface area contributed by atoms with Gasteiger partial charge < -0.3 is 25.4 Å². The van der Waals surface area contributed by atoms with E-state index in [0.717, 1.165) is 12.8 Å².